The van der Waals surface area contributed by atoms with Gasteiger partial charge in [-0.2, -0.15) is 14.4 Å². The highest BCUT2D eigenvalue weighted by molar-refractivity contribution is 5.90. The number of hydrogen-bond acceptors (Lipinski definition) is 7. The van der Waals surface area contributed by atoms with Crippen LogP contribution in [0, 0.1) is 11.9 Å². The lowest BCUT2D eigenvalue weighted by atomic mass is 9.96. The normalized spacial score (nSPS) is 20.9. The Balaban J connectivity index is 1.28. The van der Waals surface area contributed by atoms with Crippen molar-refractivity contribution < 1.29 is 18.7 Å². The first kappa shape index (κ1) is 27.1. The first-order valence-electron chi connectivity index (χ1n) is 13.7. The van der Waals surface area contributed by atoms with E-state index in [-0.39, 0.29) is 30.3 Å². The van der Waals surface area contributed by atoms with Crippen LogP contribution in [0.2, 0.25) is 0 Å². The number of benzene rings is 1. The quantitative estimate of drug-likeness (QED) is 0.367. The average molecular weight is 537 g/mol. The summed E-state index contributed by atoms with van der Waals surface area (Å²) >= 11 is 0. The number of aromatic nitrogens is 2. The zero-order chi connectivity index (χ0) is 27.7. The molecule has 2 atom stereocenters. The van der Waals surface area contributed by atoms with Crippen LogP contribution in [-0.4, -0.2) is 70.1 Å². The third kappa shape index (κ3) is 6.06. The standard InChI is InChI=1S/C29H37FN6O3/c1-5-26(37)35-14-12-34(13-15-35)23(16-20-6-7-20)22-10-8-21(9-11-22)19(2)31-27-32-24(30)17-25(33-27)36-28(38)39-18-29(36,3)4/h5,8-11,17,19-20,23H,1,6-7,12-16,18H2,2-4H3,(H,31,32,33)/t19-,23?/m0/s1. The van der Waals surface area contributed by atoms with E-state index in [0.29, 0.717) is 19.1 Å². The molecule has 0 radical (unpaired) electrons. The molecule has 1 aromatic heterocycles. The summed E-state index contributed by atoms with van der Waals surface area (Å²) in [5, 5.41) is 3.18. The van der Waals surface area contributed by atoms with Crippen molar-refractivity contribution in [3.63, 3.8) is 0 Å². The molecule has 1 saturated carbocycles. The zero-order valence-electron chi connectivity index (χ0n) is 22.9. The topological polar surface area (TPSA) is 90.9 Å². The Hall–Kier alpha value is -3.53. The van der Waals surface area contributed by atoms with Crippen LogP contribution < -0.4 is 10.2 Å². The van der Waals surface area contributed by atoms with Crippen molar-refractivity contribution >= 4 is 23.8 Å². The van der Waals surface area contributed by atoms with Gasteiger partial charge in [-0.1, -0.05) is 43.7 Å². The fraction of sp³-hybridized carbons (Fsp3) is 0.517. The molecule has 1 unspecified atom stereocenters. The predicted molar refractivity (Wildman–Crippen MR) is 147 cm³/mol. The van der Waals surface area contributed by atoms with E-state index in [0.717, 1.165) is 37.1 Å². The van der Waals surface area contributed by atoms with Crippen LogP contribution in [0.3, 0.4) is 0 Å². The summed E-state index contributed by atoms with van der Waals surface area (Å²) in [6.45, 7) is 12.6. The molecule has 208 valence electrons. The number of nitrogens with one attached hydrogen (secondary N) is 1. The number of halogens is 1. The van der Waals surface area contributed by atoms with Gasteiger partial charge >= 0.3 is 6.09 Å². The number of amides is 2. The number of carbonyl (C=O) groups excluding carboxylic acids is 2. The van der Waals surface area contributed by atoms with E-state index in [1.165, 1.54) is 29.4 Å². The fourth-order valence-electron chi connectivity index (χ4n) is 5.44. The highest BCUT2D eigenvalue weighted by Gasteiger charge is 2.42. The van der Waals surface area contributed by atoms with E-state index in [1.54, 1.807) is 0 Å². The van der Waals surface area contributed by atoms with E-state index >= 15 is 0 Å². The molecule has 0 spiro atoms. The second-order valence-electron chi connectivity index (χ2n) is 11.4. The van der Waals surface area contributed by atoms with Gasteiger partial charge in [0.25, 0.3) is 0 Å². The van der Waals surface area contributed by atoms with Crippen molar-refractivity contribution in [1.29, 1.82) is 0 Å². The Labute approximate surface area is 229 Å². The first-order valence-corrected chi connectivity index (χ1v) is 13.7. The molecule has 2 saturated heterocycles. The monoisotopic (exact) mass is 536 g/mol. The van der Waals surface area contributed by atoms with E-state index in [4.69, 9.17) is 4.74 Å². The van der Waals surface area contributed by atoms with Gasteiger partial charge in [-0.3, -0.25) is 14.6 Å². The van der Waals surface area contributed by atoms with Gasteiger partial charge in [0, 0.05) is 38.3 Å². The van der Waals surface area contributed by atoms with E-state index < -0.39 is 17.6 Å². The van der Waals surface area contributed by atoms with Crippen molar-refractivity contribution in [3.05, 3.63) is 60.1 Å². The molecule has 3 aliphatic rings. The van der Waals surface area contributed by atoms with Crippen LogP contribution in [0.25, 0.3) is 0 Å². The molecule has 10 heteroatoms. The summed E-state index contributed by atoms with van der Waals surface area (Å²) in [6.07, 6.45) is 4.53. The van der Waals surface area contributed by atoms with Crippen molar-refractivity contribution in [1.82, 2.24) is 19.8 Å². The van der Waals surface area contributed by atoms with Gasteiger partial charge in [0.2, 0.25) is 17.8 Å². The van der Waals surface area contributed by atoms with E-state index in [9.17, 15) is 14.0 Å². The third-order valence-electron chi connectivity index (χ3n) is 7.91. The number of carbonyl (C=O) groups is 2. The number of rotatable bonds is 9. The van der Waals surface area contributed by atoms with Crippen LogP contribution in [0.15, 0.2) is 43.0 Å². The highest BCUT2D eigenvalue weighted by atomic mass is 19.1. The molecule has 39 heavy (non-hydrogen) atoms. The summed E-state index contributed by atoms with van der Waals surface area (Å²) in [4.78, 5) is 38.3. The van der Waals surface area contributed by atoms with Gasteiger partial charge in [-0.05, 0) is 50.3 Å². The van der Waals surface area contributed by atoms with Crippen LogP contribution in [-0.2, 0) is 9.53 Å². The SMILES string of the molecule is C=CC(=O)N1CCN(C(CC2CC2)c2ccc([C@H](C)Nc3nc(F)cc(N4C(=O)OCC4(C)C)n3)cc2)CC1. The molecule has 0 bridgehead atoms. The van der Waals surface area contributed by atoms with E-state index in [1.807, 2.05) is 25.7 Å². The predicted octanol–water partition coefficient (Wildman–Crippen LogP) is 4.70. The summed E-state index contributed by atoms with van der Waals surface area (Å²) < 4.78 is 19.6. The van der Waals surface area contributed by atoms with Crippen molar-refractivity contribution in [3.8, 4) is 0 Å². The minimum atomic E-state index is -0.724. The zero-order valence-corrected chi connectivity index (χ0v) is 22.9. The number of piperazine rings is 1. The number of anilines is 2. The molecule has 2 aromatic rings. The van der Waals surface area contributed by atoms with Gasteiger partial charge in [-0.15, -0.1) is 0 Å². The Morgan fingerprint density at radius 1 is 1.18 bits per heavy atom. The smallest absolute Gasteiger partial charge is 0.416 e. The lowest BCUT2D eigenvalue weighted by Crippen LogP contribution is -2.49. The maximum Gasteiger partial charge on any atom is 0.416 e. The number of nitrogens with zero attached hydrogens (tertiary/aromatic N) is 5. The van der Waals surface area contributed by atoms with Gasteiger partial charge in [0.05, 0.1) is 11.6 Å². The second-order valence-corrected chi connectivity index (χ2v) is 11.4. The fourth-order valence-corrected chi connectivity index (χ4v) is 5.44. The molecule has 3 fully saturated rings. The van der Waals surface area contributed by atoms with E-state index in [2.05, 4.69) is 51.0 Å². The highest BCUT2D eigenvalue weighted by Crippen LogP contribution is 2.40. The Bertz CT molecular complexity index is 1220. The summed E-state index contributed by atoms with van der Waals surface area (Å²) in [7, 11) is 0. The molecule has 2 amide bonds. The first-order chi connectivity index (χ1) is 18.6. The summed E-state index contributed by atoms with van der Waals surface area (Å²) in [5.74, 6) is 0.310. The van der Waals surface area contributed by atoms with Crippen LogP contribution in [0.5, 0.6) is 0 Å². The van der Waals surface area contributed by atoms with Gasteiger partial charge < -0.3 is 15.0 Å². The molecule has 3 heterocycles. The van der Waals surface area contributed by atoms with Gasteiger partial charge in [-0.25, -0.2) is 4.79 Å². The minimum absolute atomic E-state index is 0.00212. The van der Waals surface area contributed by atoms with Crippen LogP contribution in [0.4, 0.5) is 21.0 Å². The largest absolute Gasteiger partial charge is 0.447 e. The van der Waals surface area contributed by atoms with Crippen molar-refractivity contribution in [2.75, 3.05) is 43.0 Å². The molecule has 1 aromatic carbocycles. The number of cyclic esters (lactones) is 1. The maximum atomic E-state index is 14.4. The Kier molecular flexibility index (Phi) is 7.57. The lowest BCUT2D eigenvalue weighted by Gasteiger charge is -2.39. The minimum Gasteiger partial charge on any atom is -0.447 e. The lowest BCUT2D eigenvalue weighted by molar-refractivity contribution is -0.128. The second kappa shape index (κ2) is 10.9. The van der Waals surface area contributed by atoms with Crippen molar-refractivity contribution in [2.45, 2.75) is 57.7 Å². The molecular formula is C29H37FN6O3. The summed E-state index contributed by atoms with van der Waals surface area (Å²) in [5.41, 5.74) is 1.64. The number of ether oxygens (including phenoxy) is 1. The van der Waals surface area contributed by atoms with Crippen LogP contribution in [0.1, 0.15) is 63.2 Å². The molecular weight excluding hydrogens is 499 g/mol. The summed E-state index contributed by atoms with van der Waals surface area (Å²) in [6, 6.07) is 9.78. The third-order valence-corrected chi connectivity index (χ3v) is 7.91. The number of hydrogen-bond donors (Lipinski definition) is 1. The van der Waals surface area contributed by atoms with Gasteiger partial charge in [0.15, 0.2) is 0 Å². The molecule has 9 nitrogen and oxygen atoms in total. The molecule has 2 aliphatic heterocycles. The molecule has 1 N–H and O–H groups in total. The molecule has 5 rings (SSSR count). The van der Waals surface area contributed by atoms with Gasteiger partial charge in [0.1, 0.15) is 12.4 Å². The Morgan fingerprint density at radius 3 is 2.44 bits per heavy atom. The molecule has 1 aliphatic carbocycles. The Morgan fingerprint density at radius 2 is 1.85 bits per heavy atom. The maximum absolute atomic E-state index is 14.4. The van der Waals surface area contributed by atoms with Crippen LogP contribution >= 0.6 is 0 Å². The van der Waals surface area contributed by atoms with Crippen molar-refractivity contribution in [2.24, 2.45) is 5.92 Å². The average Bonchev–Trinajstić information content (AvgIpc) is 3.69.